The summed E-state index contributed by atoms with van der Waals surface area (Å²) >= 11 is 10.0. The fraction of sp³-hybridized carbons (Fsp3) is 0.522. The highest BCUT2D eigenvalue weighted by Crippen LogP contribution is 2.19. The van der Waals surface area contributed by atoms with Crippen LogP contribution in [0.3, 0.4) is 0 Å². The number of alkyl halides is 2. The number of Topliss-reactive ketones (excluding diaryl/α,β-unsaturated/α-hetero) is 1. The van der Waals surface area contributed by atoms with Gasteiger partial charge in [-0.2, -0.15) is 0 Å². The Hall–Kier alpha value is -2.89. The number of halogens is 2. The van der Waals surface area contributed by atoms with Crippen molar-refractivity contribution in [3.05, 3.63) is 35.9 Å². The molecule has 0 aromatic heterocycles. The lowest BCUT2D eigenvalue weighted by molar-refractivity contribution is -0.144. The van der Waals surface area contributed by atoms with Crippen LogP contribution in [0, 0.1) is 0 Å². The Morgan fingerprint density at radius 3 is 2.31 bits per heavy atom. The van der Waals surface area contributed by atoms with Crippen molar-refractivity contribution < 1.29 is 24.3 Å². The first kappa shape index (κ1) is 31.1. The van der Waals surface area contributed by atoms with Gasteiger partial charge < -0.3 is 32.5 Å². The molecule has 2 unspecified atom stereocenters. The third-order valence-electron chi connectivity index (χ3n) is 5.31. The van der Waals surface area contributed by atoms with Gasteiger partial charge in [-0.3, -0.25) is 19.4 Å². The van der Waals surface area contributed by atoms with Crippen molar-refractivity contribution in [2.24, 2.45) is 22.2 Å². The molecule has 2 amide bonds. The quantitative estimate of drug-likeness (QED) is 0.106. The molecule has 1 saturated heterocycles. The predicted octanol–water partition coefficient (Wildman–Crippen LogP) is 0.204. The lowest BCUT2D eigenvalue weighted by Gasteiger charge is -2.27. The molecule has 0 spiro atoms. The largest absolute Gasteiger partial charge is 0.480 e. The number of guanidine groups is 1. The normalized spacial score (nSPS) is 16.2. The molecule has 0 aliphatic carbocycles. The predicted molar refractivity (Wildman–Crippen MR) is 139 cm³/mol. The topological polar surface area (TPSA) is 194 Å². The first-order valence-electron chi connectivity index (χ1n) is 11.4. The Balaban J connectivity index is 0.000000960. The number of aliphatic carboxylic acids is 1. The number of nitrogens with one attached hydrogen (secondary N) is 1. The number of carboxylic acid groups (broad SMARTS) is 1. The molecule has 0 radical (unpaired) electrons. The minimum atomic E-state index is -1.15. The van der Waals surface area contributed by atoms with Gasteiger partial charge in [-0.05, 0) is 37.7 Å². The molecule has 11 nitrogen and oxygen atoms in total. The molecule has 1 aromatic carbocycles. The zero-order chi connectivity index (χ0) is 27.1. The van der Waals surface area contributed by atoms with Crippen molar-refractivity contribution in [3.8, 4) is 0 Å². The number of amides is 2. The monoisotopic (exact) mass is 544 g/mol. The highest BCUT2D eigenvalue weighted by atomic mass is 35.5. The van der Waals surface area contributed by atoms with Crippen molar-refractivity contribution >= 4 is 52.7 Å². The van der Waals surface area contributed by atoms with Gasteiger partial charge >= 0.3 is 5.97 Å². The van der Waals surface area contributed by atoms with Crippen LogP contribution in [0.15, 0.2) is 35.3 Å². The SMILES string of the molecule is NC(N)=NCCC[C@@H](NC(=O)C1CCCN1C(=O)C(N)Cc1ccccc1)C(=O)O.O=C(CCl)CCl. The second-order valence-electron chi connectivity index (χ2n) is 8.14. The van der Waals surface area contributed by atoms with Crippen molar-refractivity contribution in [3.63, 3.8) is 0 Å². The van der Waals surface area contributed by atoms with Gasteiger partial charge in [0.05, 0.1) is 17.8 Å². The zero-order valence-electron chi connectivity index (χ0n) is 19.9. The van der Waals surface area contributed by atoms with Crippen LogP contribution < -0.4 is 22.5 Å². The second-order valence-corrected chi connectivity index (χ2v) is 8.67. The van der Waals surface area contributed by atoms with E-state index in [1.54, 1.807) is 0 Å². The van der Waals surface area contributed by atoms with E-state index in [1.807, 2.05) is 30.3 Å². The molecule has 1 fully saturated rings. The molecule has 0 bridgehead atoms. The molecule has 200 valence electrons. The first-order chi connectivity index (χ1) is 17.1. The molecule has 1 aliphatic rings. The fourth-order valence-corrected chi connectivity index (χ4v) is 3.82. The Morgan fingerprint density at radius 1 is 1.14 bits per heavy atom. The molecule has 8 N–H and O–H groups in total. The lowest BCUT2D eigenvalue weighted by atomic mass is 10.0. The van der Waals surface area contributed by atoms with Crippen LogP contribution in [-0.4, -0.2) is 82.5 Å². The summed E-state index contributed by atoms with van der Waals surface area (Å²) in [5.74, 6) is -2.08. The number of benzene rings is 1. The van der Waals surface area contributed by atoms with Gasteiger partial charge in [-0.1, -0.05) is 30.3 Å². The van der Waals surface area contributed by atoms with Gasteiger partial charge in [0, 0.05) is 13.1 Å². The van der Waals surface area contributed by atoms with Gasteiger partial charge in [0.1, 0.15) is 12.1 Å². The van der Waals surface area contributed by atoms with Crippen LogP contribution in [0.5, 0.6) is 0 Å². The summed E-state index contributed by atoms with van der Waals surface area (Å²) in [6.45, 7) is 0.687. The minimum absolute atomic E-state index is 0.0312. The molecule has 1 aromatic rings. The number of nitrogens with two attached hydrogens (primary N) is 3. The van der Waals surface area contributed by atoms with Crippen LogP contribution >= 0.6 is 23.2 Å². The number of rotatable bonds is 12. The Bertz CT molecular complexity index is 892. The van der Waals surface area contributed by atoms with E-state index in [0.29, 0.717) is 32.2 Å². The van der Waals surface area contributed by atoms with Crippen molar-refractivity contribution in [1.82, 2.24) is 10.2 Å². The Morgan fingerprint density at radius 2 is 1.78 bits per heavy atom. The number of carbonyl (C=O) groups excluding carboxylic acids is 3. The maximum Gasteiger partial charge on any atom is 0.326 e. The summed E-state index contributed by atoms with van der Waals surface area (Å²) in [6, 6.07) is 6.84. The smallest absolute Gasteiger partial charge is 0.326 e. The molecular formula is C23H34Cl2N6O5. The third kappa shape index (κ3) is 11.2. The first-order valence-corrected chi connectivity index (χ1v) is 12.5. The van der Waals surface area contributed by atoms with Crippen LogP contribution in [0.4, 0.5) is 0 Å². The van der Waals surface area contributed by atoms with E-state index in [9.17, 15) is 24.3 Å². The van der Waals surface area contributed by atoms with Gasteiger partial charge in [0.2, 0.25) is 11.8 Å². The van der Waals surface area contributed by atoms with E-state index in [1.165, 1.54) is 4.90 Å². The second kappa shape index (κ2) is 16.7. The minimum Gasteiger partial charge on any atom is -0.480 e. The molecule has 36 heavy (non-hydrogen) atoms. The summed E-state index contributed by atoms with van der Waals surface area (Å²) in [6.07, 6.45) is 2.06. The summed E-state index contributed by atoms with van der Waals surface area (Å²) in [4.78, 5) is 52.2. The van der Waals surface area contributed by atoms with Gasteiger partial charge in [-0.15, -0.1) is 23.2 Å². The summed E-state index contributed by atoms with van der Waals surface area (Å²) in [7, 11) is 0. The standard InChI is InChI=1S/C20H30N6O4.C3H4Cl2O/c21-14(12-13-6-2-1-3-7-13)18(28)26-11-5-9-16(26)17(27)25-15(19(29)30)8-4-10-24-20(22)23;4-1-3(6)2-5/h1-3,6-7,14-16H,4-5,8-12,21H2,(H,25,27)(H,29,30)(H4,22,23,24);1-2H2/t14?,15-,16?;/m1./s1. The molecule has 13 heteroatoms. The summed E-state index contributed by atoms with van der Waals surface area (Å²) in [5, 5.41) is 11.9. The van der Waals surface area contributed by atoms with E-state index >= 15 is 0 Å². The highest BCUT2D eigenvalue weighted by molar-refractivity contribution is 6.35. The van der Waals surface area contributed by atoms with Crippen LogP contribution in [0.2, 0.25) is 0 Å². The number of carboxylic acids is 1. The zero-order valence-corrected chi connectivity index (χ0v) is 21.5. The van der Waals surface area contributed by atoms with E-state index in [0.717, 1.165) is 5.56 Å². The maximum atomic E-state index is 12.8. The number of hydrogen-bond donors (Lipinski definition) is 5. The van der Waals surface area contributed by atoms with E-state index in [4.69, 9.17) is 40.4 Å². The Labute approximate surface area is 220 Å². The lowest BCUT2D eigenvalue weighted by Crippen LogP contribution is -2.54. The van der Waals surface area contributed by atoms with Gasteiger partial charge in [0.25, 0.3) is 0 Å². The molecule has 0 saturated carbocycles. The molecule has 2 rings (SSSR count). The molecular weight excluding hydrogens is 511 g/mol. The van der Waals surface area contributed by atoms with Crippen molar-refractivity contribution in [2.45, 2.75) is 50.2 Å². The molecule has 1 aliphatic heterocycles. The van der Waals surface area contributed by atoms with Gasteiger partial charge in [0.15, 0.2) is 11.7 Å². The van der Waals surface area contributed by atoms with Crippen molar-refractivity contribution in [1.29, 1.82) is 0 Å². The third-order valence-corrected chi connectivity index (χ3v) is 5.91. The molecule has 3 atom stereocenters. The van der Waals surface area contributed by atoms with Gasteiger partial charge in [-0.25, -0.2) is 4.79 Å². The summed E-state index contributed by atoms with van der Waals surface area (Å²) < 4.78 is 0. The molecule has 1 heterocycles. The number of nitrogens with zero attached hydrogens (tertiary/aromatic N) is 2. The van der Waals surface area contributed by atoms with E-state index in [-0.39, 0.29) is 42.4 Å². The van der Waals surface area contributed by atoms with E-state index in [2.05, 4.69) is 10.3 Å². The summed E-state index contributed by atoms with van der Waals surface area (Å²) in [5.41, 5.74) is 17.5. The number of likely N-dealkylation sites (tertiary alicyclic amines) is 1. The average Bonchev–Trinajstić information content (AvgIpc) is 3.35. The maximum absolute atomic E-state index is 12.8. The highest BCUT2D eigenvalue weighted by Gasteiger charge is 2.37. The van der Waals surface area contributed by atoms with Crippen molar-refractivity contribution in [2.75, 3.05) is 24.8 Å². The van der Waals surface area contributed by atoms with Crippen LogP contribution in [0.25, 0.3) is 0 Å². The Kier molecular flexibility index (Phi) is 14.5. The number of carbonyl (C=O) groups is 4. The number of ketones is 1. The number of aliphatic imine (C=N–C) groups is 1. The fourth-order valence-electron chi connectivity index (χ4n) is 3.54. The van der Waals surface area contributed by atoms with Crippen LogP contribution in [0.1, 0.15) is 31.2 Å². The number of hydrogen-bond acceptors (Lipinski definition) is 6. The van der Waals surface area contributed by atoms with Crippen LogP contribution in [-0.2, 0) is 25.6 Å². The van der Waals surface area contributed by atoms with E-state index < -0.39 is 30.0 Å². The average molecular weight is 545 g/mol.